The molecule has 0 spiro atoms. The molecule has 1 aliphatic carbocycles. The van der Waals surface area contributed by atoms with Crippen LogP contribution in [0.25, 0.3) is 0 Å². The molecule has 1 unspecified atom stereocenters. The third kappa shape index (κ3) is 1.79. The number of rotatable bonds is 2. The van der Waals surface area contributed by atoms with Crippen molar-refractivity contribution in [3.05, 3.63) is 9.81 Å². The summed E-state index contributed by atoms with van der Waals surface area (Å²) in [7, 11) is -2.52. The molecule has 64 valence electrons. The topological polar surface area (TPSA) is 40.9 Å². The maximum absolute atomic E-state index is 11.6. The van der Waals surface area contributed by atoms with Gasteiger partial charge in [-0.05, 0) is 26.7 Å². The number of hydrogen-bond acceptors (Lipinski definition) is 3. The molecule has 1 fully saturated rings. The molecule has 0 aromatic rings. The van der Waals surface area contributed by atoms with Crippen LogP contribution >= 0.6 is 12.6 Å². The molecule has 1 aliphatic rings. The van der Waals surface area contributed by atoms with E-state index in [4.69, 9.17) is 4.78 Å². The molecule has 1 rings (SSSR count). The average Bonchev–Trinajstić information content (AvgIpc) is 2.66. The van der Waals surface area contributed by atoms with E-state index in [1.807, 2.05) is 13.8 Å². The first-order valence-electron chi connectivity index (χ1n) is 3.60. The van der Waals surface area contributed by atoms with Crippen LogP contribution in [0.1, 0.15) is 26.7 Å². The highest BCUT2D eigenvalue weighted by Crippen LogP contribution is 2.35. The Morgan fingerprint density at radius 3 is 2.27 bits per heavy atom. The maximum Gasteiger partial charge on any atom is 0.0812 e. The van der Waals surface area contributed by atoms with Crippen molar-refractivity contribution in [1.29, 1.82) is 4.78 Å². The molecule has 0 bridgehead atoms. The summed E-state index contributed by atoms with van der Waals surface area (Å²) in [6.07, 6.45) is 1.86. The minimum Gasteiger partial charge on any atom is -0.248 e. The zero-order chi connectivity index (χ0) is 8.65. The standard InChI is InChI=1S/C7H13NOS2/c1-5(2)7(10)11(8,9)6-3-4-6/h6,8,10H,3-4H2,1-2H3. The van der Waals surface area contributed by atoms with Crippen LogP contribution in [0.3, 0.4) is 0 Å². The zero-order valence-electron chi connectivity index (χ0n) is 6.76. The molecule has 1 saturated carbocycles. The third-order valence-electron chi connectivity index (χ3n) is 1.71. The highest BCUT2D eigenvalue weighted by Gasteiger charge is 2.34. The molecular weight excluding hydrogens is 178 g/mol. The molecular formula is C7H13NOS2. The van der Waals surface area contributed by atoms with Crippen molar-refractivity contribution >= 4 is 22.4 Å². The van der Waals surface area contributed by atoms with Crippen LogP contribution in [0.15, 0.2) is 9.81 Å². The van der Waals surface area contributed by atoms with E-state index in [1.54, 1.807) is 0 Å². The minimum atomic E-state index is -2.52. The summed E-state index contributed by atoms with van der Waals surface area (Å²) in [4.78, 5) is 0. The second-order valence-electron chi connectivity index (χ2n) is 3.11. The number of thiol groups is 1. The molecule has 0 aromatic carbocycles. The van der Waals surface area contributed by atoms with Gasteiger partial charge >= 0.3 is 0 Å². The summed E-state index contributed by atoms with van der Waals surface area (Å²) in [5.74, 6) is 0. The average molecular weight is 191 g/mol. The lowest BCUT2D eigenvalue weighted by Crippen LogP contribution is -2.04. The lowest BCUT2D eigenvalue weighted by molar-refractivity contribution is 0.679. The van der Waals surface area contributed by atoms with Gasteiger partial charge in [0, 0.05) is 5.25 Å². The molecule has 0 aromatic heterocycles. The fraction of sp³-hybridized carbons (Fsp3) is 0.714. The molecule has 11 heavy (non-hydrogen) atoms. The van der Waals surface area contributed by atoms with Gasteiger partial charge in [0.25, 0.3) is 0 Å². The van der Waals surface area contributed by atoms with Crippen LogP contribution in [0.5, 0.6) is 0 Å². The molecule has 4 heteroatoms. The summed E-state index contributed by atoms with van der Waals surface area (Å²) in [6, 6.07) is 0. The maximum atomic E-state index is 11.6. The van der Waals surface area contributed by atoms with Crippen LogP contribution < -0.4 is 0 Å². The van der Waals surface area contributed by atoms with Crippen LogP contribution in [-0.4, -0.2) is 9.46 Å². The van der Waals surface area contributed by atoms with E-state index in [2.05, 4.69) is 12.6 Å². The Balaban J connectivity index is 2.98. The van der Waals surface area contributed by atoms with Crippen molar-refractivity contribution < 1.29 is 4.21 Å². The van der Waals surface area contributed by atoms with Gasteiger partial charge in [-0.2, -0.15) is 0 Å². The van der Waals surface area contributed by atoms with Crippen molar-refractivity contribution in [3.8, 4) is 0 Å². The van der Waals surface area contributed by atoms with Crippen LogP contribution in [-0.2, 0) is 9.73 Å². The number of nitrogens with one attached hydrogen (secondary N) is 1. The van der Waals surface area contributed by atoms with E-state index in [1.165, 1.54) is 0 Å². The van der Waals surface area contributed by atoms with Gasteiger partial charge in [0.15, 0.2) is 0 Å². The van der Waals surface area contributed by atoms with E-state index in [0.717, 1.165) is 18.4 Å². The zero-order valence-corrected chi connectivity index (χ0v) is 8.47. The lowest BCUT2D eigenvalue weighted by atomic mass is 10.4. The van der Waals surface area contributed by atoms with Gasteiger partial charge in [0.2, 0.25) is 0 Å². The van der Waals surface area contributed by atoms with E-state index in [0.29, 0.717) is 4.24 Å². The minimum absolute atomic E-state index is 0.0879. The third-order valence-corrected chi connectivity index (χ3v) is 5.36. The quantitative estimate of drug-likeness (QED) is 0.646. The van der Waals surface area contributed by atoms with Gasteiger partial charge in [-0.3, -0.25) is 0 Å². The first-order valence-corrected chi connectivity index (χ1v) is 5.67. The lowest BCUT2D eigenvalue weighted by Gasteiger charge is -2.06. The summed E-state index contributed by atoms with van der Waals surface area (Å²) in [6.45, 7) is 3.69. The monoisotopic (exact) mass is 191 g/mol. The second kappa shape index (κ2) is 2.83. The molecule has 2 nitrogen and oxygen atoms in total. The van der Waals surface area contributed by atoms with Crippen LogP contribution in [0.2, 0.25) is 0 Å². The highest BCUT2D eigenvalue weighted by molar-refractivity contribution is 8.11. The van der Waals surface area contributed by atoms with E-state index in [9.17, 15) is 4.21 Å². The van der Waals surface area contributed by atoms with Crippen molar-refractivity contribution in [2.45, 2.75) is 31.9 Å². The Labute approximate surface area is 73.5 Å². The van der Waals surface area contributed by atoms with Gasteiger partial charge in [-0.1, -0.05) is 5.57 Å². The van der Waals surface area contributed by atoms with Crippen LogP contribution in [0.4, 0.5) is 0 Å². The Morgan fingerprint density at radius 1 is 1.55 bits per heavy atom. The smallest absolute Gasteiger partial charge is 0.0812 e. The summed E-state index contributed by atoms with van der Waals surface area (Å²) >= 11 is 4.10. The predicted octanol–water partition coefficient (Wildman–Crippen LogP) is 2.38. The predicted molar refractivity (Wildman–Crippen MR) is 51.2 cm³/mol. The molecule has 0 radical (unpaired) electrons. The highest BCUT2D eigenvalue weighted by atomic mass is 32.2. The fourth-order valence-corrected chi connectivity index (χ4v) is 3.03. The molecule has 0 aliphatic heterocycles. The van der Waals surface area contributed by atoms with E-state index >= 15 is 0 Å². The normalized spacial score (nSPS) is 22.5. The number of hydrogen-bond donors (Lipinski definition) is 2. The first-order chi connectivity index (χ1) is 4.96. The van der Waals surface area contributed by atoms with E-state index in [-0.39, 0.29) is 5.25 Å². The van der Waals surface area contributed by atoms with Crippen molar-refractivity contribution in [3.63, 3.8) is 0 Å². The number of allylic oxidation sites excluding steroid dienone is 1. The van der Waals surface area contributed by atoms with Crippen molar-refractivity contribution in [2.75, 3.05) is 0 Å². The Morgan fingerprint density at radius 2 is 2.00 bits per heavy atom. The molecule has 1 N–H and O–H groups in total. The SMILES string of the molecule is CC(C)=C(S)S(=N)(=O)C1CC1. The van der Waals surface area contributed by atoms with Gasteiger partial charge < -0.3 is 0 Å². The molecule has 1 atom stereocenters. The Kier molecular flexibility index (Phi) is 2.35. The van der Waals surface area contributed by atoms with Gasteiger partial charge in [-0.25, -0.2) is 8.99 Å². The van der Waals surface area contributed by atoms with Crippen LogP contribution in [0, 0.1) is 4.78 Å². The Bertz CT molecular complexity index is 282. The van der Waals surface area contributed by atoms with E-state index < -0.39 is 9.73 Å². The first kappa shape index (κ1) is 9.13. The second-order valence-corrected chi connectivity index (χ2v) is 6.13. The van der Waals surface area contributed by atoms with Gasteiger partial charge in [-0.15, -0.1) is 12.6 Å². The largest absolute Gasteiger partial charge is 0.248 e. The fourth-order valence-electron chi connectivity index (χ4n) is 0.861. The van der Waals surface area contributed by atoms with Gasteiger partial charge in [0.1, 0.15) is 0 Å². The summed E-state index contributed by atoms with van der Waals surface area (Å²) in [5, 5.41) is 0.0879. The summed E-state index contributed by atoms with van der Waals surface area (Å²) < 4.78 is 19.7. The molecule has 0 amide bonds. The van der Waals surface area contributed by atoms with Gasteiger partial charge in [0.05, 0.1) is 14.0 Å². The van der Waals surface area contributed by atoms with Crippen molar-refractivity contribution in [1.82, 2.24) is 0 Å². The summed E-state index contributed by atoms with van der Waals surface area (Å²) in [5.41, 5.74) is 0.903. The van der Waals surface area contributed by atoms with Crippen molar-refractivity contribution in [2.24, 2.45) is 0 Å². The Hall–Kier alpha value is 0.0400. The molecule has 0 heterocycles. The molecule has 0 saturated heterocycles.